The molecular formula is C15H32N6O5S. The molecule has 0 aliphatic heterocycles. The Hall–Kier alpha value is -1.76. The van der Waals surface area contributed by atoms with E-state index >= 15 is 0 Å². The number of carbonyl (C=O) groups excluding carboxylic acids is 2. The molecule has 0 aromatic carbocycles. The summed E-state index contributed by atoms with van der Waals surface area (Å²) in [6.45, 7) is 4.27. The molecule has 0 rings (SSSR count). The van der Waals surface area contributed by atoms with E-state index in [9.17, 15) is 18.0 Å². The van der Waals surface area contributed by atoms with E-state index in [0.29, 0.717) is 32.1 Å². The van der Waals surface area contributed by atoms with Crippen LogP contribution in [0.15, 0.2) is 0 Å². The molecule has 3 unspecified atom stereocenters. The van der Waals surface area contributed by atoms with Gasteiger partial charge >= 0.3 is 0 Å². The van der Waals surface area contributed by atoms with Gasteiger partial charge in [0.15, 0.2) is 5.96 Å². The zero-order chi connectivity index (χ0) is 21.0. The highest BCUT2D eigenvalue weighted by Gasteiger charge is 2.23. The number of hydrogen-bond donors (Lipinski definition) is 7. The molecule has 11 nitrogen and oxygen atoms in total. The van der Waals surface area contributed by atoms with Crippen molar-refractivity contribution in [2.75, 3.05) is 18.8 Å². The Balaban J connectivity index is 4.65. The second kappa shape index (κ2) is 12.6. The van der Waals surface area contributed by atoms with E-state index in [1.807, 2.05) is 13.8 Å². The fraction of sp³-hybridized carbons (Fsp3) is 0.800. The largest absolute Gasteiger partial charge is 0.370 e. The number of carbonyl (C=O) groups is 2. The van der Waals surface area contributed by atoms with Crippen molar-refractivity contribution < 1.29 is 22.6 Å². The molecule has 1 amide bonds. The molecule has 0 saturated carbocycles. The number of aldehydes is 1. The summed E-state index contributed by atoms with van der Waals surface area (Å²) in [5.74, 6) is -1.00. The van der Waals surface area contributed by atoms with Gasteiger partial charge in [0.1, 0.15) is 6.29 Å². The van der Waals surface area contributed by atoms with Crippen LogP contribution in [0.2, 0.25) is 0 Å². The maximum absolute atomic E-state index is 12.5. The smallest absolute Gasteiger partial charge is 0.266 e. The molecule has 0 saturated heterocycles. The first-order valence-electron chi connectivity index (χ1n) is 8.72. The molecule has 0 heterocycles. The number of nitrogens with two attached hydrogens (primary N) is 2. The van der Waals surface area contributed by atoms with Gasteiger partial charge in [-0.05, 0) is 25.2 Å². The molecule has 158 valence electrons. The predicted molar refractivity (Wildman–Crippen MR) is 103 cm³/mol. The number of nitrogens with one attached hydrogen (secondary N) is 4. The van der Waals surface area contributed by atoms with Crippen molar-refractivity contribution in [1.29, 1.82) is 5.41 Å². The van der Waals surface area contributed by atoms with Gasteiger partial charge in [-0.2, -0.15) is 8.42 Å². The minimum Gasteiger partial charge on any atom is -0.370 e. The molecule has 0 aromatic heterocycles. The highest BCUT2D eigenvalue weighted by molar-refractivity contribution is 7.85. The van der Waals surface area contributed by atoms with Gasteiger partial charge in [0.05, 0.1) is 17.8 Å². The van der Waals surface area contributed by atoms with Crippen LogP contribution in [0.4, 0.5) is 0 Å². The summed E-state index contributed by atoms with van der Waals surface area (Å²) in [5.41, 5.74) is 10.8. The molecule has 0 spiro atoms. The summed E-state index contributed by atoms with van der Waals surface area (Å²) in [4.78, 5) is 23.7. The first kappa shape index (κ1) is 25.2. The van der Waals surface area contributed by atoms with Crippen molar-refractivity contribution in [1.82, 2.24) is 16.0 Å². The Morgan fingerprint density at radius 1 is 1.33 bits per heavy atom. The minimum absolute atomic E-state index is 0.0128. The maximum Gasteiger partial charge on any atom is 0.266 e. The van der Waals surface area contributed by atoms with Gasteiger partial charge in [0.2, 0.25) is 5.91 Å². The molecule has 0 bridgehead atoms. The monoisotopic (exact) mass is 408 g/mol. The summed E-state index contributed by atoms with van der Waals surface area (Å²) in [5, 5.41) is 15.2. The third kappa shape index (κ3) is 14.0. The van der Waals surface area contributed by atoms with E-state index in [4.69, 9.17) is 21.4 Å². The van der Waals surface area contributed by atoms with Gasteiger partial charge < -0.3 is 32.2 Å². The Bertz CT molecular complexity index is 583. The summed E-state index contributed by atoms with van der Waals surface area (Å²) < 4.78 is 30.5. The molecule has 0 aliphatic rings. The molecule has 9 N–H and O–H groups in total. The molecule has 0 radical (unpaired) electrons. The van der Waals surface area contributed by atoms with Gasteiger partial charge in [-0.25, -0.2) is 0 Å². The first-order chi connectivity index (χ1) is 12.4. The van der Waals surface area contributed by atoms with E-state index in [1.165, 1.54) is 0 Å². The second-order valence-corrected chi connectivity index (χ2v) is 8.33. The van der Waals surface area contributed by atoms with Crippen LogP contribution in [0.3, 0.4) is 0 Å². The van der Waals surface area contributed by atoms with Gasteiger partial charge in [0, 0.05) is 19.1 Å². The number of guanidine groups is 1. The predicted octanol–water partition coefficient (Wildman–Crippen LogP) is -1.85. The van der Waals surface area contributed by atoms with Gasteiger partial charge in [-0.15, -0.1) is 0 Å². The minimum atomic E-state index is -4.20. The molecule has 27 heavy (non-hydrogen) atoms. The highest BCUT2D eigenvalue weighted by atomic mass is 32.2. The summed E-state index contributed by atoms with van der Waals surface area (Å²) in [6, 6.07) is -2.22. The van der Waals surface area contributed by atoms with Crippen molar-refractivity contribution in [3.8, 4) is 0 Å². The summed E-state index contributed by atoms with van der Waals surface area (Å²) in [7, 11) is -4.20. The molecule has 0 aliphatic carbocycles. The average Bonchev–Trinajstić information content (AvgIpc) is 2.51. The first-order valence-corrected chi connectivity index (χ1v) is 10.3. The zero-order valence-electron chi connectivity index (χ0n) is 15.8. The lowest BCUT2D eigenvalue weighted by molar-refractivity contribution is -0.126. The Labute approximate surface area is 160 Å². The lowest BCUT2D eigenvalue weighted by Crippen LogP contribution is -2.52. The Morgan fingerprint density at radius 2 is 1.96 bits per heavy atom. The summed E-state index contributed by atoms with van der Waals surface area (Å²) in [6.07, 6.45) is 2.01. The van der Waals surface area contributed by atoms with Crippen molar-refractivity contribution in [3.05, 3.63) is 0 Å². The van der Waals surface area contributed by atoms with Crippen LogP contribution < -0.4 is 27.4 Å². The molecule has 0 fully saturated rings. The van der Waals surface area contributed by atoms with Crippen molar-refractivity contribution in [3.63, 3.8) is 0 Å². The van der Waals surface area contributed by atoms with Gasteiger partial charge in [-0.1, -0.05) is 13.8 Å². The summed E-state index contributed by atoms with van der Waals surface area (Å²) >= 11 is 0. The van der Waals surface area contributed by atoms with Crippen molar-refractivity contribution in [2.45, 2.75) is 51.2 Å². The van der Waals surface area contributed by atoms with Crippen LogP contribution in [-0.4, -0.2) is 68.1 Å². The van der Waals surface area contributed by atoms with Crippen molar-refractivity contribution >= 4 is 28.3 Å². The normalized spacial score (nSPS) is 15.0. The molecule has 3 atom stereocenters. The van der Waals surface area contributed by atoms with E-state index in [0.717, 1.165) is 0 Å². The second-order valence-electron chi connectivity index (χ2n) is 6.83. The third-order valence-corrected chi connectivity index (χ3v) is 4.42. The standard InChI is InChI=1S/C15H32N6O5S/c1-10(2)6-13(20-7-11(16)9-27(24,25)26)14(23)21-12(8-22)4-3-5-19-15(17)18/h8,10-13,20H,3-7,9,16H2,1-2H3,(H,21,23)(H4,17,18,19)(H,24,25,26). The highest BCUT2D eigenvalue weighted by Crippen LogP contribution is 2.06. The Kier molecular flexibility index (Phi) is 11.8. The fourth-order valence-corrected chi connectivity index (χ4v) is 3.04. The van der Waals surface area contributed by atoms with E-state index in [-0.39, 0.29) is 24.3 Å². The lowest BCUT2D eigenvalue weighted by Gasteiger charge is -2.23. The maximum atomic E-state index is 12.5. The number of rotatable bonds is 14. The fourth-order valence-electron chi connectivity index (χ4n) is 2.38. The van der Waals surface area contributed by atoms with Crippen LogP contribution >= 0.6 is 0 Å². The van der Waals surface area contributed by atoms with Gasteiger partial charge in [0.25, 0.3) is 10.1 Å². The SMILES string of the molecule is CC(C)CC(NCC(N)CS(=O)(=O)O)C(=O)NC(C=O)CCCNC(=N)N. The number of hydrogen-bond acceptors (Lipinski definition) is 7. The third-order valence-electron chi connectivity index (χ3n) is 3.57. The van der Waals surface area contributed by atoms with E-state index < -0.39 is 34.0 Å². The van der Waals surface area contributed by atoms with Crippen LogP contribution in [-0.2, 0) is 19.7 Å². The van der Waals surface area contributed by atoms with E-state index in [1.54, 1.807) is 0 Å². The number of amides is 1. The topological polar surface area (TPSA) is 200 Å². The molecule has 12 heteroatoms. The Morgan fingerprint density at radius 3 is 2.44 bits per heavy atom. The van der Waals surface area contributed by atoms with Gasteiger partial charge in [-0.3, -0.25) is 14.8 Å². The quantitative estimate of drug-likeness (QED) is 0.0566. The molecular weight excluding hydrogens is 376 g/mol. The average molecular weight is 409 g/mol. The zero-order valence-corrected chi connectivity index (χ0v) is 16.6. The van der Waals surface area contributed by atoms with Crippen LogP contribution in [0.25, 0.3) is 0 Å². The van der Waals surface area contributed by atoms with Crippen LogP contribution in [0, 0.1) is 11.3 Å². The van der Waals surface area contributed by atoms with Crippen LogP contribution in [0.1, 0.15) is 33.1 Å². The van der Waals surface area contributed by atoms with Crippen LogP contribution in [0.5, 0.6) is 0 Å². The molecule has 0 aromatic rings. The van der Waals surface area contributed by atoms with Crippen molar-refractivity contribution in [2.24, 2.45) is 17.4 Å². The lowest BCUT2D eigenvalue weighted by atomic mass is 10.0. The van der Waals surface area contributed by atoms with E-state index in [2.05, 4.69) is 16.0 Å².